The number of benzene rings is 2. The van der Waals surface area contributed by atoms with E-state index < -0.39 is 21.7 Å². The molecule has 0 radical (unpaired) electrons. The zero-order chi connectivity index (χ0) is 27.5. The average Bonchev–Trinajstić information content (AvgIpc) is 3.58. The van der Waals surface area contributed by atoms with E-state index in [1.54, 1.807) is 18.2 Å². The average molecular weight is 561 g/mol. The fourth-order valence-electron chi connectivity index (χ4n) is 6.28. The standard InChI is InChI=1S/C28H34F2N4O4S/c1-31-39(36,37)33-21-4-5-22(24(17-21)34-14-12-26(6-7-26)13-15-34)25(35)32-20-3-2-19-18-38-27(23(19)16-20)8-10-28(29,30)11-9-27/h2-5,16-17,31,33H,6-15,18H2,1H3,(H,32,35). The fraction of sp³-hybridized carbons (Fsp3) is 0.536. The van der Waals surface area contributed by atoms with E-state index in [1.165, 1.54) is 19.9 Å². The number of nitrogens with one attached hydrogen (secondary N) is 3. The molecule has 2 aliphatic heterocycles. The third-order valence-corrected chi connectivity index (χ3v) is 10.1. The fourth-order valence-corrected chi connectivity index (χ4v) is 6.82. The van der Waals surface area contributed by atoms with E-state index in [4.69, 9.17) is 4.74 Å². The summed E-state index contributed by atoms with van der Waals surface area (Å²) in [5.74, 6) is -2.98. The first-order chi connectivity index (χ1) is 18.5. The summed E-state index contributed by atoms with van der Waals surface area (Å²) >= 11 is 0. The first kappa shape index (κ1) is 26.5. The molecule has 2 saturated carbocycles. The Labute approximate surface area is 227 Å². The molecule has 0 unspecified atom stereocenters. The maximum absolute atomic E-state index is 13.9. The number of alkyl halides is 2. The molecule has 0 aromatic heterocycles. The lowest BCUT2D eigenvalue weighted by atomic mass is 9.77. The Morgan fingerprint density at radius 3 is 2.28 bits per heavy atom. The van der Waals surface area contributed by atoms with Gasteiger partial charge in [-0.15, -0.1) is 0 Å². The number of amides is 1. The van der Waals surface area contributed by atoms with Gasteiger partial charge in [-0.25, -0.2) is 13.5 Å². The van der Waals surface area contributed by atoms with Gasteiger partial charge in [-0.2, -0.15) is 8.42 Å². The van der Waals surface area contributed by atoms with E-state index >= 15 is 0 Å². The van der Waals surface area contributed by atoms with Crippen LogP contribution in [0.2, 0.25) is 0 Å². The molecular weight excluding hydrogens is 526 g/mol. The highest BCUT2D eigenvalue weighted by molar-refractivity contribution is 7.90. The van der Waals surface area contributed by atoms with Crippen LogP contribution >= 0.6 is 0 Å². The molecular formula is C28H34F2N4O4S. The number of piperidine rings is 1. The normalized spacial score (nSPS) is 22.5. The predicted octanol–water partition coefficient (Wildman–Crippen LogP) is 5.13. The predicted molar refractivity (Wildman–Crippen MR) is 145 cm³/mol. The third-order valence-electron chi connectivity index (χ3n) is 9.04. The van der Waals surface area contributed by atoms with E-state index in [2.05, 4.69) is 19.7 Å². The van der Waals surface area contributed by atoms with Crippen molar-refractivity contribution in [3.8, 4) is 0 Å². The van der Waals surface area contributed by atoms with Crippen molar-refractivity contribution in [1.82, 2.24) is 4.72 Å². The molecule has 3 N–H and O–H groups in total. The topological polar surface area (TPSA) is 99.8 Å². The number of nitrogens with zero attached hydrogens (tertiary/aromatic N) is 1. The van der Waals surface area contributed by atoms with Gasteiger partial charge >= 0.3 is 0 Å². The Bertz CT molecular complexity index is 1390. The highest BCUT2D eigenvalue weighted by Gasteiger charge is 2.48. The molecule has 39 heavy (non-hydrogen) atoms. The van der Waals surface area contributed by atoms with Gasteiger partial charge in [0.15, 0.2) is 0 Å². The molecule has 2 aromatic carbocycles. The van der Waals surface area contributed by atoms with Crippen molar-refractivity contribution in [2.75, 3.05) is 35.1 Å². The quantitative estimate of drug-likeness (QED) is 0.455. The van der Waals surface area contributed by atoms with Crippen molar-refractivity contribution in [3.05, 3.63) is 53.1 Å². The third kappa shape index (κ3) is 5.24. The molecule has 11 heteroatoms. The monoisotopic (exact) mass is 560 g/mol. The summed E-state index contributed by atoms with van der Waals surface area (Å²) in [7, 11) is -2.39. The number of carbonyl (C=O) groups excluding carboxylic acids is 1. The van der Waals surface area contributed by atoms with Crippen LogP contribution in [0.3, 0.4) is 0 Å². The van der Waals surface area contributed by atoms with E-state index in [9.17, 15) is 22.0 Å². The molecule has 3 fully saturated rings. The number of carbonyl (C=O) groups is 1. The van der Waals surface area contributed by atoms with Crippen LogP contribution in [0, 0.1) is 5.41 Å². The molecule has 4 aliphatic rings. The molecule has 0 bridgehead atoms. The zero-order valence-electron chi connectivity index (χ0n) is 22.0. The van der Waals surface area contributed by atoms with Gasteiger partial charge in [0.1, 0.15) is 0 Å². The minimum Gasteiger partial charge on any atom is -0.371 e. The van der Waals surface area contributed by atoms with Crippen molar-refractivity contribution >= 4 is 33.2 Å². The molecule has 2 aliphatic carbocycles. The molecule has 0 atom stereocenters. The second-order valence-corrected chi connectivity index (χ2v) is 13.1. The first-order valence-electron chi connectivity index (χ1n) is 13.6. The smallest absolute Gasteiger partial charge is 0.298 e. The number of halogens is 2. The minimum absolute atomic E-state index is 0.215. The lowest BCUT2D eigenvalue weighted by molar-refractivity contribution is -0.130. The van der Waals surface area contributed by atoms with Crippen LogP contribution in [0.5, 0.6) is 0 Å². The summed E-state index contributed by atoms with van der Waals surface area (Å²) in [4.78, 5) is 15.8. The summed E-state index contributed by atoms with van der Waals surface area (Å²) < 4.78 is 62.7. The summed E-state index contributed by atoms with van der Waals surface area (Å²) in [5, 5.41) is 2.99. The van der Waals surface area contributed by atoms with Gasteiger partial charge in [0.05, 0.1) is 29.1 Å². The second-order valence-electron chi connectivity index (χ2n) is 11.5. The molecule has 8 nitrogen and oxygen atoms in total. The minimum atomic E-state index is -3.71. The Morgan fingerprint density at radius 1 is 0.923 bits per heavy atom. The van der Waals surface area contributed by atoms with Crippen molar-refractivity contribution in [2.45, 2.75) is 69.5 Å². The highest BCUT2D eigenvalue weighted by Crippen LogP contribution is 2.54. The summed E-state index contributed by atoms with van der Waals surface area (Å²) in [6, 6.07) is 10.5. The number of hydrogen-bond donors (Lipinski definition) is 3. The Morgan fingerprint density at radius 2 is 1.62 bits per heavy atom. The van der Waals surface area contributed by atoms with Gasteiger partial charge in [-0.3, -0.25) is 9.52 Å². The first-order valence-corrected chi connectivity index (χ1v) is 15.1. The van der Waals surface area contributed by atoms with Gasteiger partial charge in [0.25, 0.3) is 16.1 Å². The molecule has 2 spiro atoms. The number of ether oxygens (including phenoxy) is 1. The number of fused-ring (bicyclic) bond motifs is 2. The van der Waals surface area contributed by atoms with Gasteiger partial charge in [0.2, 0.25) is 5.92 Å². The molecule has 210 valence electrons. The van der Waals surface area contributed by atoms with Crippen LogP contribution in [-0.4, -0.2) is 40.4 Å². The van der Waals surface area contributed by atoms with Gasteiger partial charge in [-0.1, -0.05) is 6.07 Å². The van der Waals surface area contributed by atoms with Crippen LogP contribution in [0.4, 0.5) is 25.8 Å². The summed E-state index contributed by atoms with van der Waals surface area (Å²) in [6.07, 6.45) is 4.65. The number of rotatable bonds is 6. The maximum atomic E-state index is 13.9. The maximum Gasteiger partial charge on any atom is 0.298 e. The van der Waals surface area contributed by atoms with E-state index in [0.717, 1.165) is 37.1 Å². The van der Waals surface area contributed by atoms with Crippen LogP contribution in [0.15, 0.2) is 36.4 Å². The van der Waals surface area contributed by atoms with Crippen molar-refractivity contribution in [3.63, 3.8) is 0 Å². The van der Waals surface area contributed by atoms with Crippen molar-refractivity contribution in [2.24, 2.45) is 5.41 Å². The SMILES string of the molecule is CNS(=O)(=O)Nc1ccc(C(=O)Nc2ccc3c(c2)C2(CCC(F)(F)CC2)OC3)c(N2CCC3(CC2)CC3)c1. The lowest BCUT2D eigenvalue weighted by Gasteiger charge is -2.37. The summed E-state index contributed by atoms with van der Waals surface area (Å²) in [6.45, 7) is 1.97. The second kappa shape index (κ2) is 9.42. The van der Waals surface area contributed by atoms with Gasteiger partial charge in [0, 0.05) is 38.7 Å². The van der Waals surface area contributed by atoms with Crippen molar-refractivity contribution < 1.29 is 26.7 Å². The highest BCUT2D eigenvalue weighted by atomic mass is 32.2. The zero-order valence-corrected chi connectivity index (χ0v) is 22.8. The van der Waals surface area contributed by atoms with E-state index in [1.807, 2.05) is 18.2 Å². The number of anilines is 3. The Kier molecular flexibility index (Phi) is 6.39. The van der Waals surface area contributed by atoms with E-state index in [0.29, 0.717) is 34.6 Å². The molecule has 6 rings (SSSR count). The largest absolute Gasteiger partial charge is 0.371 e. The van der Waals surface area contributed by atoms with Crippen LogP contribution in [0.1, 0.15) is 72.9 Å². The molecule has 1 amide bonds. The van der Waals surface area contributed by atoms with Gasteiger partial charge < -0.3 is 15.0 Å². The van der Waals surface area contributed by atoms with E-state index in [-0.39, 0.29) is 31.6 Å². The van der Waals surface area contributed by atoms with Crippen LogP contribution < -0.4 is 19.7 Å². The molecule has 1 saturated heterocycles. The Hall–Kier alpha value is -2.76. The van der Waals surface area contributed by atoms with Crippen LogP contribution in [0.25, 0.3) is 0 Å². The van der Waals surface area contributed by atoms with Gasteiger partial charge in [-0.05, 0) is 85.4 Å². The summed E-state index contributed by atoms with van der Waals surface area (Å²) in [5.41, 5.74) is 3.60. The molecule has 2 aromatic rings. The molecule has 2 heterocycles. The van der Waals surface area contributed by atoms with Crippen molar-refractivity contribution in [1.29, 1.82) is 0 Å². The lowest BCUT2D eigenvalue weighted by Crippen LogP contribution is -2.36. The Balaban J connectivity index is 1.26. The number of hydrogen-bond acceptors (Lipinski definition) is 5. The van der Waals surface area contributed by atoms with Crippen LogP contribution in [-0.2, 0) is 27.2 Å².